The van der Waals surface area contributed by atoms with Gasteiger partial charge in [0.2, 0.25) is 0 Å². The molecule has 0 radical (unpaired) electrons. The van der Waals surface area contributed by atoms with Gasteiger partial charge in [0, 0.05) is 13.1 Å². The van der Waals surface area contributed by atoms with Crippen LogP contribution in [0.1, 0.15) is 305 Å². The highest BCUT2D eigenvalue weighted by molar-refractivity contribution is 5.40. The molecule has 8 rings (SSSR count). The van der Waals surface area contributed by atoms with E-state index in [-0.39, 0.29) is 0 Å². The second-order valence-corrected chi connectivity index (χ2v) is 28.4. The van der Waals surface area contributed by atoms with Crippen LogP contribution in [0.15, 0.2) is 194 Å². The monoisotopic (exact) mass is 1480 g/mol. The van der Waals surface area contributed by atoms with Crippen molar-refractivity contribution in [3.8, 4) is 23.0 Å². The van der Waals surface area contributed by atoms with Crippen LogP contribution in [-0.4, -0.2) is 40.5 Å². The molecule has 2 N–H and O–H groups in total. The summed E-state index contributed by atoms with van der Waals surface area (Å²) in [6.07, 6.45) is 39.3. The van der Waals surface area contributed by atoms with Gasteiger partial charge in [0.15, 0.2) is 11.5 Å². The van der Waals surface area contributed by atoms with E-state index < -0.39 is 0 Å². The fourth-order valence-corrected chi connectivity index (χ4v) is 11.9. The van der Waals surface area contributed by atoms with Crippen LogP contribution in [0.4, 0.5) is 0 Å². The average molecular weight is 1480 g/mol. The Bertz CT molecular complexity index is 3050. The van der Waals surface area contributed by atoms with Crippen molar-refractivity contribution in [2.75, 3.05) is 40.5 Å². The second kappa shape index (κ2) is 71.5. The van der Waals surface area contributed by atoms with Crippen molar-refractivity contribution in [1.82, 2.24) is 10.6 Å². The Labute approximate surface area is 665 Å². The zero-order valence-corrected chi connectivity index (χ0v) is 72.0. The highest BCUT2D eigenvalue weighted by Gasteiger charge is 2.07. The van der Waals surface area contributed by atoms with E-state index in [1.165, 1.54) is 203 Å². The predicted molar refractivity (Wildman–Crippen MR) is 477 cm³/mol. The SMILES string of the molecule is CCCCCc1ccccc1CCCC.CCCCCc1ccccc1OCCC.CCCCOc1ccccc1CCCC.CCCCOc1ccccc1OCCC.CCCCc1cccc(CC)c1.CCCCc1cccc(CCC)c1.CCCc1cccc(CNC)c1.CCc1cccc(CNC)c1. The van der Waals surface area contributed by atoms with Crippen LogP contribution in [0.3, 0.4) is 0 Å². The topological polar surface area (TPSA) is 61.0 Å². The number of hydrogen-bond acceptors (Lipinski definition) is 6. The van der Waals surface area contributed by atoms with E-state index in [4.69, 9.17) is 18.9 Å². The van der Waals surface area contributed by atoms with Crippen molar-refractivity contribution in [2.45, 2.75) is 315 Å². The number of rotatable bonds is 44. The molecule has 0 spiro atoms. The maximum atomic E-state index is 5.77. The van der Waals surface area contributed by atoms with E-state index in [2.05, 4.69) is 271 Å². The Morgan fingerprint density at radius 1 is 0.204 bits per heavy atom. The summed E-state index contributed by atoms with van der Waals surface area (Å²) >= 11 is 0. The first kappa shape index (κ1) is 98.9. The molecule has 8 aromatic carbocycles. The molecule has 0 saturated carbocycles. The van der Waals surface area contributed by atoms with Gasteiger partial charge in [-0.15, -0.1) is 0 Å². The maximum absolute atomic E-state index is 5.77. The van der Waals surface area contributed by atoms with Gasteiger partial charge in [0.1, 0.15) is 11.5 Å². The summed E-state index contributed by atoms with van der Waals surface area (Å²) in [6, 6.07) is 69.1. The molecule has 0 saturated heterocycles. The van der Waals surface area contributed by atoms with Crippen LogP contribution in [0.25, 0.3) is 0 Å². The quantitative estimate of drug-likeness (QED) is 0.0371. The molecule has 0 heterocycles. The van der Waals surface area contributed by atoms with Crippen LogP contribution in [0.5, 0.6) is 23.0 Å². The third kappa shape index (κ3) is 50.6. The van der Waals surface area contributed by atoms with Crippen molar-refractivity contribution >= 4 is 0 Å². The Hall–Kier alpha value is -7.12. The first-order chi connectivity index (χ1) is 53.0. The normalized spacial score (nSPS) is 10.2. The van der Waals surface area contributed by atoms with Crippen LogP contribution in [0.2, 0.25) is 0 Å². The summed E-state index contributed by atoms with van der Waals surface area (Å²) in [7, 11) is 3.95. The lowest BCUT2D eigenvalue weighted by Gasteiger charge is -2.11. The molecule has 8 aromatic rings. The Morgan fingerprint density at radius 3 is 0.843 bits per heavy atom. The number of ether oxygens (including phenoxy) is 4. The lowest BCUT2D eigenvalue weighted by atomic mass is 9.98. The first-order valence-electron chi connectivity index (χ1n) is 43.4. The second-order valence-electron chi connectivity index (χ2n) is 28.4. The third-order valence-corrected chi connectivity index (χ3v) is 18.3. The fraction of sp³-hybridized carbons (Fsp3) is 0.529. The minimum absolute atomic E-state index is 0.744. The van der Waals surface area contributed by atoms with E-state index in [1.807, 2.05) is 44.4 Å². The van der Waals surface area contributed by atoms with E-state index in [0.717, 1.165) is 120 Å². The summed E-state index contributed by atoms with van der Waals surface area (Å²) in [5, 5.41) is 6.29. The summed E-state index contributed by atoms with van der Waals surface area (Å²) < 4.78 is 22.7. The minimum Gasteiger partial charge on any atom is -0.493 e. The van der Waals surface area contributed by atoms with Gasteiger partial charge in [0.25, 0.3) is 0 Å². The van der Waals surface area contributed by atoms with Crippen LogP contribution in [-0.2, 0) is 77.3 Å². The molecular weight excluding hydrogens is 1320 g/mol. The van der Waals surface area contributed by atoms with Gasteiger partial charge in [-0.05, 0) is 234 Å². The Morgan fingerprint density at radius 2 is 0.472 bits per heavy atom. The predicted octanol–water partition coefficient (Wildman–Crippen LogP) is 28.7. The largest absolute Gasteiger partial charge is 0.493 e. The lowest BCUT2D eigenvalue weighted by molar-refractivity contribution is 0.265. The van der Waals surface area contributed by atoms with Gasteiger partial charge in [-0.3, -0.25) is 0 Å². The number of hydrogen-bond donors (Lipinski definition) is 2. The minimum atomic E-state index is 0.744. The Balaban J connectivity index is 0.000000619. The molecule has 6 heteroatoms. The van der Waals surface area contributed by atoms with Gasteiger partial charge in [-0.2, -0.15) is 0 Å². The summed E-state index contributed by atoms with van der Waals surface area (Å²) in [6.45, 7) is 36.0. The van der Waals surface area contributed by atoms with Gasteiger partial charge >= 0.3 is 0 Å². The van der Waals surface area contributed by atoms with E-state index in [1.54, 1.807) is 11.1 Å². The smallest absolute Gasteiger partial charge is 0.161 e. The van der Waals surface area contributed by atoms with Gasteiger partial charge in [-0.25, -0.2) is 0 Å². The molecular formula is C102H158N2O4. The van der Waals surface area contributed by atoms with Gasteiger partial charge < -0.3 is 29.6 Å². The van der Waals surface area contributed by atoms with Gasteiger partial charge in [-0.1, -0.05) is 344 Å². The van der Waals surface area contributed by atoms with Crippen LogP contribution >= 0.6 is 0 Å². The number of para-hydroxylation sites is 4. The van der Waals surface area contributed by atoms with Crippen molar-refractivity contribution in [2.24, 2.45) is 0 Å². The van der Waals surface area contributed by atoms with Crippen molar-refractivity contribution in [1.29, 1.82) is 0 Å². The van der Waals surface area contributed by atoms with Crippen LogP contribution < -0.4 is 29.6 Å². The number of benzene rings is 8. The fourth-order valence-electron chi connectivity index (χ4n) is 11.9. The summed E-state index contributed by atoms with van der Waals surface area (Å²) in [5.74, 6) is 3.88. The molecule has 6 nitrogen and oxygen atoms in total. The van der Waals surface area contributed by atoms with E-state index in [0.29, 0.717) is 0 Å². The van der Waals surface area contributed by atoms with Crippen molar-refractivity contribution in [3.63, 3.8) is 0 Å². The molecule has 0 atom stereocenters. The Kier molecular flexibility index (Phi) is 65.5. The van der Waals surface area contributed by atoms with Crippen molar-refractivity contribution < 1.29 is 18.9 Å². The number of nitrogens with one attached hydrogen (secondary N) is 2. The van der Waals surface area contributed by atoms with Crippen molar-refractivity contribution in [3.05, 3.63) is 261 Å². The molecule has 0 fully saturated rings. The highest BCUT2D eigenvalue weighted by atomic mass is 16.5. The molecule has 0 bridgehead atoms. The standard InChI is InChI=1S/C15H24.2C14H22O.C13H20O2.C13H20.C12H18.C11H17N.C10H15N/c1-3-5-7-11-15-13-9-8-12-14(15)10-6-4-2;1-3-5-6-9-13-10-7-8-11-14(13)15-12-4-2;1-3-5-9-13-10-7-8-11-14(13)15-12-6-4-2;1-3-5-11-15-13-9-7-6-8-12(13)14-10-4-2;1-3-5-8-13-10-6-9-12(11-13)7-4-2;1-3-5-7-12-9-6-8-11(4-2)10-12;1-3-5-10-6-4-7-11(8-10)9-12-2;1-3-9-5-4-6-10(7-9)8-11-2/h8-9,12-13H,3-7,10-11H2,1-2H3;2*7-8,10-11H,3-6,9,12H2,1-2H3;6-9H,3-5,10-11H2,1-2H3;6,9-11H,3-5,7-8H2,1-2H3;6,8-10H,3-5,7H2,1-2H3;4,6-8,12H,3,5,9H2,1-2H3;4-7,11H,3,8H2,1-2H3. The van der Waals surface area contributed by atoms with E-state index >= 15 is 0 Å². The number of aryl methyl sites for hydroxylation is 10. The molecule has 0 aliphatic rings. The van der Waals surface area contributed by atoms with Gasteiger partial charge in [0.05, 0.1) is 26.4 Å². The zero-order valence-electron chi connectivity index (χ0n) is 72.0. The number of unbranched alkanes of at least 4 members (excludes halogenated alkanes) is 10. The zero-order chi connectivity index (χ0) is 79.0. The summed E-state index contributed by atoms with van der Waals surface area (Å²) in [5.41, 5.74) is 17.5. The average Bonchev–Trinajstić information content (AvgIpc) is 0.903. The third-order valence-electron chi connectivity index (χ3n) is 18.3. The molecule has 600 valence electrons. The molecule has 108 heavy (non-hydrogen) atoms. The molecule has 0 aliphatic carbocycles. The van der Waals surface area contributed by atoms with E-state index in [9.17, 15) is 0 Å². The maximum Gasteiger partial charge on any atom is 0.161 e. The summed E-state index contributed by atoms with van der Waals surface area (Å²) in [4.78, 5) is 0. The molecule has 0 amide bonds. The molecule has 0 aliphatic heterocycles. The first-order valence-corrected chi connectivity index (χ1v) is 43.4. The highest BCUT2D eigenvalue weighted by Crippen LogP contribution is 2.27. The van der Waals surface area contributed by atoms with Crippen LogP contribution in [0, 0.1) is 0 Å². The molecule has 0 aromatic heterocycles. The lowest BCUT2D eigenvalue weighted by Crippen LogP contribution is -2.05. The molecule has 0 unspecified atom stereocenters.